The number of carbonyl (C=O) groups is 1. The molecule has 2 heterocycles. The van der Waals surface area contributed by atoms with Crippen LogP contribution in [0.4, 0.5) is 8.78 Å². The van der Waals surface area contributed by atoms with Crippen LogP contribution in [0.5, 0.6) is 0 Å². The molecule has 5 nitrogen and oxygen atoms in total. The van der Waals surface area contributed by atoms with Gasteiger partial charge < -0.3 is 14.7 Å². The molecule has 7 heteroatoms. The quantitative estimate of drug-likeness (QED) is 0.744. The number of carbonyl (C=O) groups excluding carboxylic acids is 1. The van der Waals surface area contributed by atoms with E-state index in [1.54, 1.807) is 0 Å². The molecule has 0 unspecified atom stereocenters. The molecule has 4 rings (SSSR count). The second kappa shape index (κ2) is 9.69. The number of nitrogens with zero attached hydrogens (tertiary/aromatic N) is 2. The zero-order valence-corrected chi connectivity index (χ0v) is 17.2. The number of hydrogen-bond acceptors (Lipinski definition) is 4. The first-order valence-electron chi connectivity index (χ1n) is 11.0. The average molecular weight is 418 g/mol. The molecular formula is C23H29F2N3O2. The van der Waals surface area contributed by atoms with Crippen LogP contribution in [0.3, 0.4) is 0 Å². The van der Waals surface area contributed by atoms with Gasteiger partial charge in [-0.3, -0.25) is 4.79 Å². The Morgan fingerprint density at radius 2 is 1.83 bits per heavy atom. The second-order valence-electron chi connectivity index (χ2n) is 8.66. The molecule has 0 atom stereocenters. The molecule has 0 bridgehead atoms. The van der Waals surface area contributed by atoms with Gasteiger partial charge in [0.15, 0.2) is 11.5 Å². The van der Waals surface area contributed by atoms with Crippen molar-refractivity contribution in [1.82, 2.24) is 15.4 Å². The fraction of sp³-hybridized carbons (Fsp3) is 0.565. The SMILES string of the molecule is O=C(NCC1CCN(CC2CCCCC2)CC1)c1cc(-c2ccc(F)cc2F)on1. The molecule has 1 aromatic heterocycles. The molecule has 1 saturated carbocycles. The van der Waals surface area contributed by atoms with Crippen molar-refractivity contribution < 1.29 is 18.1 Å². The van der Waals surface area contributed by atoms with Gasteiger partial charge in [0, 0.05) is 25.2 Å². The van der Waals surface area contributed by atoms with Crippen molar-refractivity contribution in [2.24, 2.45) is 11.8 Å². The summed E-state index contributed by atoms with van der Waals surface area (Å²) in [6.07, 6.45) is 9.06. The predicted molar refractivity (Wildman–Crippen MR) is 110 cm³/mol. The molecule has 1 aliphatic heterocycles. The van der Waals surface area contributed by atoms with E-state index in [1.165, 1.54) is 50.8 Å². The number of benzene rings is 1. The first-order valence-corrected chi connectivity index (χ1v) is 11.0. The van der Waals surface area contributed by atoms with Crippen LogP contribution >= 0.6 is 0 Å². The molecule has 0 radical (unpaired) electrons. The van der Waals surface area contributed by atoms with E-state index in [0.29, 0.717) is 12.5 Å². The Balaban J connectivity index is 1.23. The largest absolute Gasteiger partial charge is 0.355 e. The Hall–Kier alpha value is -2.28. The average Bonchev–Trinajstić information content (AvgIpc) is 3.24. The highest BCUT2D eigenvalue weighted by Gasteiger charge is 2.24. The molecule has 2 aromatic rings. The van der Waals surface area contributed by atoms with Crippen LogP contribution in [0.15, 0.2) is 28.8 Å². The second-order valence-corrected chi connectivity index (χ2v) is 8.66. The number of hydrogen-bond donors (Lipinski definition) is 1. The van der Waals surface area contributed by atoms with Crippen molar-refractivity contribution in [2.75, 3.05) is 26.2 Å². The Morgan fingerprint density at radius 3 is 2.57 bits per heavy atom. The van der Waals surface area contributed by atoms with Gasteiger partial charge in [-0.15, -0.1) is 0 Å². The fourth-order valence-corrected chi connectivity index (χ4v) is 4.63. The lowest BCUT2D eigenvalue weighted by Gasteiger charge is -2.35. The third-order valence-corrected chi connectivity index (χ3v) is 6.44. The standard InChI is InChI=1S/C23H29F2N3O2/c24-18-6-7-19(20(25)12-18)22-13-21(27-30-22)23(29)26-14-16-8-10-28(11-9-16)15-17-4-2-1-3-5-17/h6-7,12-13,16-17H,1-5,8-11,14-15H2,(H,26,29). The molecule has 1 aliphatic carbocycles. The summed E-state index contributed by atoms with van der Waals surface area (Å²) >= 11 is 0. The van der Waals surface area contributed by atoms with Gasteiger partial charge in [0.25, 0.3) is 5.91 Å². The Labute approximate surface area is 175 Å². The normalized spacial score (nSPS) is 19.1. The maximum absolute atomic E-state index is 13.9. The van der Waals surface area contributed by atoms with E-state index < -0.39 is 11.6 Å². The van der Waals surface area contributed by atoms with Crippen molar-refractivity contribution in [1.29, 1.82) is 0 Å². The molecule has 1 aromatic carbocycles. The van der Waals surface area contributed by atoms with Crippen LogP contribution < -0.4 is 5.32 Å². The van der Waals surface area contributed by atoms with E-state index in [-0.39, 0.29) is 22.9 Å². The molecular weight excluding hydrogens is 388 g/mol. The number of aromatic nitrogens is 1. The molecule has 2 fully saturated rings. The first-order chi connectivity index (χ1) is 14.6. The lowest BCUT2D eigenvalue weighted by molar-refractivity contribution is 0.0922. The minimum Gasteiger partial charge on any atom is -0.355 e. The first kappa shape index (κ1) is 21.0. The minimum absolute atomic E-state index is 0.0771. The van der Waals surface area contributed by atoms with E-state index in [1.807, 2.05) is 0 Å². The van der Waals surface area contributed by atoms with Gasteiger partial charge in [0.05, 0.1) is 5.56 Å². The van der Waals surface area contributed by atoms with Gasteiger partial charge >= 0.3 is 0 Å². The molecule has 2 aliphatic rings. The van der Waals surface area contributed by atoms with E-state index in [2.05, 4.69) is 15.4 Å². The van der Waals surface area contributed by atoms with Crippen molar-refractivity contribution in [3.05, 3.63) is 41.6 Å². The van der Waals surface area contributed by atoms with Gasteiger partial charge in [0.2, 0.25) is 0 Å². The third kappa shape index (κ3) is 5.25. The van der Waals surface area contributed by atoms with Crippen LogP contribution in [0.1, 0.15) is 55.4 Å². The molecule has 30 heavy (non-hydrogen) atoms. The number of piperidine rings is 1. The Kier molecular flexibility index (Phi) is 6.77. The van der Waals surface area contributed by atoms with Crippen molar-refractivity contribution in [3.8, 4) is 11.3 Å². The summed E-state index contributed by atoms with van der Waals surface area (Å²) in [5.41, 5.74) is 0.178. The highest BCUT2D eigenvalue weighted by molar-refractivity contribution is 5.93. The zero-order valence-electron chi connectivity index (χ0n) is 17.2. The van der Waals surface area contributed by atoms with E-state index in [9.17, 15) is 13.6 Å². The third-order valence-electron chi connectivity index (χ3n) is 6.44. The monoisotopic (exact) mass is 417 g/mol. The molecule has 162 valence electrons. The highest BCUT2D eigenvalue weighted by Crippen LogP contribution is 2.27. The van der Waals surface area contributed by atoms with Crippen molar-refractivity contribution in [3.63, 3.8) is 0 Å². The number of halogens is 2. The molecule has 1 amide bonds. The van der Waals surface area contributed by atoms with Gasteiger partial charge in [-0.25, -0.2) is 8.78 Å². The smallest absolute Gasteiger partial charge is 0.273 e. The summed E-state index contributed by atoms with van der Waals surface area (Å²) in [6.45, 7) is 4.01. The van der Waals surface area contributed by atoms with Crippen LogP contribution in [0, 0.1) is 23.5 Å². The lowest BCUT2D eigenvalue weighted by Crippen LogP contribution is -2.40. The summed E-state index contributed by atoms with van der Waals surface area (Å²) in [5.74, 6) is -0.331. The maximum Gasteiger partial charge on any atom is 0.273 e. The van der Waals surface area contributed by atoms with E-state index in [0.717, 1.165) is 44.0 Å². The van der Waals surface area contributed by atoms with E-state index in [4.69, 9.17) is 4.52 Å². The number of likely N-dealkylation sites (tertiary alicyclic amines) is 1. The van der Waals surface area contributed by atoms with E-state index >= 15 is 0 Å². The van der Waals surface area contributed by atoms with Crippen molar-refractivity contribution >= 4 is 5.91 Å². The van der Waals surface area contributed by atoms with Crippen LogP contribution in [0.25, 0.3) is 11.3 Å². The maximum atomic E-state index is 13.9. The number of rotatable bonds is 6. The zero-order chi connectivity index (χ0) is 20.9. The van der Waals surface area contributed by atoms with Crippen LogP contribution in [0.2, 0.25) is 0 Å². The number of nitrogens with one attached hydrogen (secondary N) is 1. The van der Waals surface area contributed by atoms with Gasteiger partial charge in [-0.05, 0) is 62.7 Å². The van der Waals surface area contributed by atoms with Crippen molar-refractivity contribution in [2.45, 2.75) is 44.9 Å². The summed E-state index contributed by atoms with van der Waals surface area (Å²) in [4.78, 5) is 15.0. The van der Waals surface area contributed by atoms with Crippen LogP contribution in [-0.4, -0.2) is 42.1 Å². The van der Waals surface area contributed by atoms with Gasteiger partial charge in [-0.1, -0.05) is 24.4 Å². The summed E-state index contributed by atoms with van der Waals surface area (Å²) in [6, 6.07) is 4.58. The predicted octanol–water partition coefficient (Wildman–Crippen LogP) is 4.64. The Bertz CT molecular complexity index is 856. The number of amides is 1. The van der Waals surface area contributed by atoms with Gasteiger partial charge in [0.1, 0.15) is 11.6 Å². The summed E-state index contributed by atoms with van der Waals surface area (Å²) < 4.78 is 32.0. The minimum atomic E-state index is -0.752. The van der Waals surface area contributed by atoms with Gasteiger partial charge in [-0.2, -0.15) is 0 Å². The van der Waals surface area contributed by atoms with Crippen LogP contribution in [-0.2, 0) is 0 Å². The molecule has 1 saturated heterocycles. The summed E-state index contributed by atoms with van der Waals surface area (Å²) in [5, 5.41) is 6.66. The fourth-order valence-electron chi connectivity index (χ4n) is 4.63. The highest BCUT2D eigenvalue weighted by atomic mass is 19.1. The lowest BCUT2D eigenvalue weighted by atomic mass is 9.88. The topological polar surface area (TPSA) is 58.4 Å². The summed E-state index contributed by atoms with van der Waals surface area (Å²) in [7, 11) is 0. The molecule has 1 N–H and O–H groups in total. The molecule has 0 spiro atoms. The Morgan fingerprint density at radius 1 is 1.07 bits per heavy atom.